The van der Waals surface area contributed by atoms with E-state index in [1.54, 1.807) is 6.07 Å². The molecular formula is C22H27N7O. The predicted molar refractivity (Wildman–Crippen MR) is 118 cm³/mol. The van der Waals surface area contributed by atoms with Gasteiger partial charge in [0.25, 0.3) is 0 Å². The summed E-state index contributed by atoms with van der Waals surface area (Å²) in [6.07, 6.45) is 1.94. The van der Waals surface area contributed by atoms with Crippen molar-refractivity contribution in [3.8, 4) is 0 Å². The van der Waals surface area contributed by atoms with Crippen molar-refractivity contribution in [3.63, 3.8) is 0 Å². The zero-order chi connectivity index (χ0) is 21.3. The average Bonchev–Trinajstić information content (AvgIpc) is 2.69. The highest BCUT2D eigenvalue weighted by Crippen LogP contribution is 2.24. The minimum absolute atomic E-state index is 0.279. The molecule has 1 aliphatic rings. The Hall–Kier alpha value is -3.26. The van der Waals surface area contributed by atoms with Gasteiger partial charge in [-0.25, -0.2) is 4.98 Å². The van der Waals surface area contributed by atoms with Gasteiger partial charge in [-0.3, -0.25) is 9.69 Å². The first-order chi connectivity index (χ1) is 14.4. The third-order valence-corrected chi connectivity index (χ3v) is 5.56. The van der Waals surface area contributed by atoms with Crippen LogP contribution in [0.5, 0.6) is 0 Å². The minimum Gasteiger partial charge on any atom is -0.383 e. The Morgan fingerprint density at radius 1 is 1.17 bits per heavy atom. The maximum Gasteiger partial charge on any atom is 0.248 e. The molecule has 5 N–H and O–H groups in total. The van der Waals surface area contributed by atoms with Gasteiger partial charge in [0.1, 0.15) is 5.82 Å². The van der Waals surface area contributed by atoms with Gasteiger partial charge in [0.2, 0.25) is 11.9 Å². The third kappa shape index (κ3) is 4.33. The number of carbonyl (C=O) groups excluding carboxylic acids is 1. The maximum absolute atomic E-state index is 11.4. The smallest absolute Gasteiger partial charge is 0.248 e. The number of aromatic nitrogens is 3. The van der Waals surface area contributed by atoms with Gasteiger partial charge in [0, 0.05) is 36.9 Å². The number of nitrogens with zero attached hydrogens (tertiary/aromatic N) is 4. The van der Waals surface area contributed by atoms with Crippen molar-refractivity contribution in [2.24, 2.45) is 5.73 Å². The fraction of sp³-hybridized carbons (Fsp3) is 0.364. The van der Waals surface area contributed by atoms with E-state index in [1.807, 2.05) is 38.1 Å². The first-order valence-corrected chi connectivity index (χ1v) is 10.2. The van der Waals surface area contributed by atoms with E-state index in [2.05, 4.69) is 25.2 Å². The molecule has 0 aliphatic carbocycles. The molecule has 0 bridgehead atoms. The molecule has 1 fully saturated rings. The van der Waals surface area contributed by atoms with Gasteiger partial charge in [0.15, 0.2) is 5.65 Å². The van der Waals surface area contributed by atoms with Crippen LogP contribution >= 0.6 is 0 Å². The van der Waals surface area contributed by atoms with Gasteiger partial charge in [0.05, 0.1) is 5.39 Å². The summed E-state index contributed by atoms with van der Waals surface area (Å²) in [4.78, 5) is 27.3. The number of nitrogen functional groups attached to an aromatic ring is 1. The minimum atomic E-state index is -0.394. The quantitative estimate of drug-likeness (QED) is 0.595. The largest absolute Gasteiger partial charge is 0.383 e. The summed E-state index contributed by atoms with van der Waals surface area (Å²) in [5.74, 6) is 0.596. The Morgan fingerprint density at radius 2 is 1.93 bits per heavy atom. The molecule has 2 aromatic heterocycles. The molecule has 0 unspecified atom stereocenters. The lowest BCUT2D eigenvalue weighted by Gasteiger charge is -2.32. The van der Waals surface area contributed by atoms with Crippen LogP contribution in [0.25, 0.3) is 11.0 Å². The summed E-state index contributed by atoms with van der Waals surface area (Å²) in [6, 6.07) is 9.79. The summed E-state index contributed by atoms with van der Waals surface area (Å²) in [5.41, 5.74) is 15.8. The van der Waals surface area contributed by atoms with Crippen molar-refractivity contribution in [1.82, 2.24) is 19.9 Å². The number of nitrogens with two attached hydrogens (primary N) is 2. The molecule has 3 aromatic rings. The van der Waals surface area contributed by atoms with Crippen molar-refractivity contribution in [1.29, 1.82) is 0 Å². The lowest BCUT2D eigenvalue weighted by molar-refractivity contribution is 0.1000. The molecule has 8 nitrogen and oxygen atoms in total. The SMILES string of the molecule is Cc1cc(C)c2c(N)nc(NC3CCN(Cc4cccc(C(N)=O)c4)CC3)nc2n1. The second-order valence-corrected chi connectivity index (χ2v) is 7.97. The Balaban J connectivity index is 1.39. The second-order valence-electron chi connectivity index (χ2n) is 7.97. The first-order valence-electron chi connectivity index (χ1n) is 10.2. The van der Waals surface area contributed by atoms with Crippen molar-refractivity contribution in [2.75, 3.05) is 24.1 Å². The van der Waals surface area contributed by atoms with E-state index in [9.17, 15) is 4.79 Å². The van der Waals surface area contributed by atoms with Crippen LogP contribution in [0, 0.1) is 13.8 Å². The topological polar surface area (TPSA) is 123 Å². The van der Waals surface area contributed by atoms with Gasteiger partial charge in [-0.2, -0.15) is 9.97 Å². The van der Waals surface area contributed by atoms with Crippen LogP contribution in [0.3, 0.4) is 0 Å². The van der Waals surface area contributed by atoms with Gasteiger partial charge in [-0.1, -0.05) is 12.1 Å². The van der Waals surface area contributed by atoms with E-state index in [4.69, 9.17) is 11.5 Å². The number of aryl methyl sites for hydroxylation is 2. The number of hydrogen-bond donors (Lipinski definition) is 3. The van der Waals surface area contributed by atoms with Crippen LogP contribution in [0.4, 0.5) is 11.8 Å². The number of fused-ring (bicyclic) bond motifs is 1. The Morgan fingerprint density at radius 3 is 2.67 bits per heavy atom. The number of benzene rings is 1. The highest BCUT2D eigenvalue weighted by molar-refractivity contribution is 5.92. The molecule has 4 rings (SSSR count). The van der Waals surface area contributed by atoms with Crippen LogP contribution in [-0.4, -0.2) is 44.9 Å². The number of primary amides is 1. The van der Waals surface area contributed by atoms with Crippen molar-refractivity contribution >= 4 is 28.7 Å². The molecule has 3 heterocycles. The van der Waals surface area contributed by atoms with Gasteiger partial charge >= 0.3 is 0 Å². The molecule has 8 heteroatoms. The molecular weight excluding hydrogens is 378 g/mol. The summed E-state index contributed by atoms with van der Waals surface area (Å²) >= 11 is 0. The normalized spacial score (nSPS) is 15.4. The van der Waals surface area contributed by atoms with E-state index in [0.29, 0.717) is 23.0 Å². The van der Waals surface area contributed by atoms with Gasteiger partial charge < -0.3 is 16.8 Å². The monoisotopic (exact) mass is 405 g/mol. The molecule has 0 atom stereocenters. The fourth-order valence-corrected chi connectivity index (χ4v) is 4.07. The van der Waals surface area contributed by atoms with E-state index in [0.717, 1.165) is 54.7 Å². The van der Waals surface area contributed by atoms with E-state index >= 15 is 0 Å². The van der Waals surface area contributed by atoms with Gasteiger partial charge in [-0.15, -0.1) is 0 Å². The molecule has 1 saturated heterocycles. The summed E-state index contributed by atoms with van der Waals surface area (Å²) in [7, 11) is 0. The first kappa shape index (κ1) is 20.0. The molecule has 0 radical (unpaired) electrons. The van der Waals surface area contributed by atoms with Crippen molar-refractivity contribution < 1.29 is 4.79 Å². The number of carbonyl (C=O) groups is 1. The van der Waals surface area contributed by atoms with E-state index in [1.165, 1.54) is 0 Å². The summed E-state index contributed by atoms with van der Waals surface area (Å²) in [5, 5.41) is 4.25. The lowest BCUT2D eigenvalue weighted by Crippen LogP contribution is -2.39. The van der Waals surface area contributed by atoms with Crippen LogP contribution in [0.1, 0.15) is 40.0 Å². The Labute approximate surface area is 175 Å². The number of amides is 1. The number of piperidine rings is 1. The van der Waals surface area contributed by atoms with Gasteiger partial charge in [-0.05, 0) is 56.0 Å². The Kier molecular flexibility index (Phi) is 5.50. The maximum atomic E-state index is 11.4. The van der Waals surface area contributed by atoms with Crippen LogP contribution < -0.4 is 16.8 Å². The van der Waals surface area contributed by atoms with E-state index < -0.39 is 5.91 Å². The van der Waals surface area contributed by atoms with Crippen LogP contribution in [0.15, 0.2) is 30.3 Å². The predicted octanol–water partition coefficient (Wildman–Crippen LogP) is 2.40. The molecule has 156 valence electrons. The Bertz CT molecular complexity index is 1090. The number of nitrogens with one attached hydrogen (secondary N) is 1. The zero-order valence-corrected chi connectivity index (χ0v) is 17.4. The number of anilines is 2. The molecule has 1 aromatic carbocycles. The van der Waals surface area contributed by atoms with Crippen molar-refractivity contribution in [3.05, 3.63) is 52.7 Å². The van der Waals surface area contributed by atoms with E-state index in [-0.39, 0.29) is 6.04 Å². The summed E-state index contributed by atoms with van der Waals surface area (Å²) < 4.78 is 0. The number of hydrogen-bond acceptors (Lipinski definition) is 7. The van der Waals surface area contributed by atoms with Crippen LogP contribution in [0.2, 0.25) is 0 Å². The molecule has 0 spiro atoms. The highest BCUT2D eigenvalue weighted by Gasteiger charge is 2.21. The van der Waals surface area contributed by atoms with Crippen LogP contribution in [-0.2, 0) is 6.54 Å². The molecule has 30 heavy (non-hydrogen) atoms. The fourth-order valence-electron chi connectivity index (χ4n) is 4.07. The number of likely N-dealkylation sites (tertiary alicyclic amines) is 1. The standard InChI is InChI=1S/C22H27N7O/c1-13-10-14(2)25-21-18(13)19(23)27-22(28-21)26-17-6-8-29(9-7-17)12-15-4-3-5-16(11-15)20(24)30/h3-5,10-11,17H,6-9,12H2,1-2H3,(H2,24,30)(H3,23,25,26,27,28). The second kappa shape index (κ2) is 8.23. The molecule has 1 aliphatic heterocycles. The molecule has 1 amide bonds. The third-order valence-electron chi connectivity index (χ3n) is 5.56. The molecule has 0 saturated carbocycles. The number of pyridine rings is 1. The zero-order valence-electron chi connectivity index (χ0n) is 17.4. The number of rotatable bonds is 5. The lowest BCUT2D eigenvalue weighted by atomic mass is 10.0. The summed E-state index contributed by atoms with van der Waals surface area (Å²) in [6.45, 7) is 6.64. The van der Waals surface area contributed by atoms with Crippen molar-refractivity contribution in [2.45, 2.75) is 39.3 Å². The highest BCUT2D eigenvalue weighted by atomic mass is 16.1. The average molecular weight is 406 g/mol.